The van der Waals surface area contributed by atoms with E-state index in [1.54, 1.807) is 0 Å². The Labute approximate surface area is 176 Å². The van der Waals surface area contributed by atoms with Crippen LogP contribution in [0.25, 0.3) is 0 Å². The fraction of sp³-hybridized carbons (Fsp3) is 0.381. The van der Waals surface area contributed by atoms with E-state index >= 15 is 0 Å². The highest BCUT2D eigenvalue weighted by atomic mass is 32.2. The van der Waals surface area contributed by atoms with Crippen molar-refractivity contribution in [2.75, 3.05) is 50.7 Å². The van der Waals surface area contributed by atoms with E-state index < -0.39 is 15.8 Å². The first-order valence-electron chi connectivity index (χ1n) is 9.98. The molecule has 0 atom stereocenters. The monoisotopic (exact) mass is 434 g/mol. The number of para-hydroxylation sites is 1. The molecule has 1 aliphatic heterocycles. The summed E-state index contributed by atoms with van der Waals surface area (Å²) in [5.74, 6) is -0.713. The van der Waals surface area contributed by atoms with E-state index in [0.717, 1.165) is 44.9 Å². The molecular weight excluding hydrogens is 407 g/mol. The second kappa shape index (κ2) is 10.5. The predicted molar refractivity (Wildman–Crippen MR) is 114 cm³/mol. The summed E-state index contributed by atoms with van der Waals surface area (Å²) in [6.07, 6.45) is 0.0439. The topological polar surface area (TPSA) is 81.7 Å². The van der Waals surface area contributed by atoms with Gasteiger partial charge in [-0.05, 0) is 36.4 Å². The normalized spacial score (nSPS) is 15.2. The third-order valence-corrected chi connectivity index (χ3v) is 6.49. The molecule has 1 amide bonds. The first kappa shape index (κ1) is 22.2. The summed E-state index contributed by atoms with van der Waals surface area (Å²) in [6.45, 7) is 5.03. The fourth-order valence-electron chi connectivity index (χ4n) is 3.31. The number of nitrogens with zero attached hydrogens (tertiary/aromatic N) is 2. The molecule has 0 spiro atoms. The summed E-state index contributed by atoms with van der Waals surface area (Å²) in [5, 5.41) is 2.83. The smallest absolute Gasteiger partial charge is 0.240 e. The van der Waals surface area contributed by atoms with Crippen LogP contribution in [0.2, 0.25) is 0 Å². The largest absolute Gasteiger partial charge is 0.369 e. The number of carbonyl (C=O) groups is 1. The van der Waals surface area contributed by atoms with E-state index in [9.17, 15) is 17.6 Å². The van der Waals surface area contributed by atoms with E-state index in [2.05, 4.69) is 32.0 Å². The van der Waals surface area contributed by atoms with Gasteiger partial charge in [0.15, 0.2) is 0 Å². The predicted octanol–water partition coefficient (Wildman–Crippen LogP) is 1.43. The molecule has 0 bridgehead atoms. The Morgan fingerprint density at radius 1 is 0.933 bits per heavy atom. The maximum atomic E-state index is 12.9. The summed E-state index contributed by atoms with van der Waals surface area (Å²) in [4.78, 5) is 16.6. The number of anilines is 1. The van der Waals surface area contributed by atoms with Gasteiger partial charge in [0, 0.05) is 57.9 Å². The van der Waals surface area contributed by atoms with Gasteiger partial charge in [0.1, 0.15) is 5.82 Å². The Morgan fingerprint density at radius 2 is 1.60 bits per heavy atom. The molecule has 3 rings (SSSR count). The van der Waals surface area contributed by atoms with Gasteiger partial charge < -0.3 is 10.2 Å². The van der Waals surface area contributed by atoms with E-state index in [4.69, 9.17) is 0 Å². The highest BCUT2D eigenvalue weighted by Crippen LogP contribution is 2.15. The maximum Gasteiger partial charge on any atom is 0.240 e. The van der Waals surface area contributed by atoms with Crippen LogP contribution in [0.4, 0.5) is 10.1 Å². The number of benzene rings is 2. The SMILES string of the molecule is O=C(CCNS(=O)(=O)c1ccc(F)cc1)NCCN1CCN(c2ccccc2)CC1. The van der Waals surface area contributed by atoms with Crippen molar-refractivity contribution >= 4 is 21.6 Å². The lowest BCUT2D eigenvalue weighted by molar-refractivity contribution is -0.120. The van der Waals surface area contributed by atoms with Gasteiger partial charge in [0.05, 0.1) is 4.90 Å². The molecule has 1 saturated heterocycles. The van der Waals surface area contributed by atoms with Crippen LogP contribution >= 0.6 is 0 Å². The highest BCUT2D eigenvalue weighted by molar-refractivity contribution is 7.89. The third kappa shape index (κ3) is 6.51. The molecule has 2 aromatic rings. The fourth-order valence-corrected chi connectivity index (χ4v) is 4.34. The van der Waals surface area contributed by atoms with E-state index in [1.807, 2.05) is 18.2 Å². The van der Waals surface area contributed by atoms with Crippen molar-refractivity contribution in [2.45, 2.75) is 11.3 Å². The van der Waals surface area contributed by atoms with Gasteiger partial charge in [-0.15, -0.1) is 0 Å². The molecule has 2 N–H and O–H groups in total. The molecule has 0 saturated carbocycles. The number of sulfonamides is 1. The number of piperazine rings is 1. The molecule has 0 unspecified atom stereocenters. The third-order valence-electron chi connectivity index (χ3n) is 5.01. The van der Waals surface area contributed by atoms with Crippen LogP contribution in [0.5, 0.6) is 0 Å². The van der Waals surface area contributed by atoms with Gasteiger partial charge in [0.2, 0.25) is 15.9 Å². The van der Waals surface area contributed by atoms with Crippen LogP contribution in [-0.4, -0.2) is 65.0 Å². The standard InChI is InChI=1S/C21H27FN4O3S/c22-18-6-8-20(9-7-18)30(28,29)24-11-10-21(27)23-12-13-25-14-16-26(17-15-25)19-4-2-1-3-5-19/h1-9,24H,10-17H2,(H,23,27). The Kier molecular flexibility index (Phi) is 7.78. The van der Waals surface area contributed by atoms with Gasteiger partial charge in [-0.2, -0.15) is 0 Å². The second-order valence-electron chi connectivity index (χ2n) is 7.12. The first-order chi connectivity index (χ1) is 14.4. The number of hydrogen-bond donors (Lipinski definition) is 2. The summed E-state index contributed by atoms with van der Waals surface area (Å²) < 4.78 is 39.5. The molecule has 1 fully saturated rings. The van der Waals surface area contributed by atoms with Gasteiger partial charge in [-0.1, -0.05) is 18.2 Å². The Hall–Kier alpha value is -2.49. The number of rotatable bonds is 9. The minimum Gasteiger partial charge on any atom is -0.369 e. The molecule has 1 aliphatic rings. The summed E-state index contributed by atoms with van der Waals surface area (Å²) >= 11 is 0. The van der Waals surface area contributed by atoms with Crippen LogP contribution < -0.4 is 14.9 Å². The molecule has 9 heteroatoms. The molecular formula is C21H27FN4O3S. The zero-order valence-electron chi connectivity index (χ0n) is 16.8. The van der Waals surface area contributed by atoms with Crippen LogP contribution in [0, 0.1) is 5.82 Å². The second-order valence-corrected chi connectivity index (χ2v) is 8.88. The number of nitrogens with one attached hydrogen (secondary N) is 2. The number of halogens is 1. The quantitative estimate of drug-likeness (QED) is 0.624. The van der Waals surface area contributed by atoms with Crippen LogP contribution in [0.3, 0.4) is 0 Å². The maximum absolute atomic E-state index is 12.9. The average Bonchev–Trinajstić information content (AvgIpc) is 2.75. The van der Waals surface area contributed by atoms with Gasteiger partial charge >= 0.3 is 0 Å². The molecule has 0 aliphatic carbocycles. The van der Waals surface area contributed by atoms with Crippen LogP contribution in [0.15, 0.2) is 59.5 Å². The van der Waals surface area contributed by atoms with Crippen molar-refractivity contribution in [1.29, 1.82) is 0 Å². The lowest BCUT2D eigenvalue weighted by Crippen LogP contribution is -2.48. The van der Waals surface area contributed by atoms with Crippen molar-refractivity contribution in [3.05, 3.63) is 60.4 Å². The summed E-state index contributed by atoms with van der Waals surface area (Å²) in [7, 11) is -3.75. The number of amides is 1. The summed E-state index contributed by atoms with van der Waals surface area (Å²) in [5.41, 5.74) is 1.23. The van der Waals surface area contributed by atoms with Gasteiger partial charge in [0.25, 0.3) is 0 Å². The van der Waals surface area contributed by atoms with E-state index in [1.165, 1.54) is 17.8 Å². The Balaban J connectivity index is 1.30. The first-order valence-corrected chi connectivity index (χ1v) is 11.5. The van der Waals surface area contributed by atoms with Crippen molar-refractivity contribution in [3.8, 4) is 0 Å². The zero-order chi connectivity index (χ0) is 21.4. The Bertz CT molecular complexity index is 915. The average molecular weight is 435 g/mol. The molecule has 2 aromatic carbocycles. The van der Waals surface area contributed by atoms with Gasteiger partial charge in [-0.3, -0.25) is 9.69 Å². The highest BCUT2D eigenvalue weighted by Gasteiger charge is 2.17. The van der Waals surface area contributed by atoms with Crippen molar-refractivity contribution in [1.82, 2.24) is 14.9 Å². The molecule has 1 heterocycles. The summed E-state index contributed by atoms with van der Waals surface area (Å²) in [6, 6.07) is 14.9. The van der Waals surface area contributed by atoms with Crippen molar-refractivity contribution < 1.29 is 17.6 Å². The lowest BCUT2D eigenvalue weighted by atomic mass is 10.2. The van der Waals surface area contributed by atoms with Crippen molar-refractivity contribution in [3.63, 3.8) is 0 Å². The molecule has 162 valence electrons. The Morgan fingerprint density at radius 3 is 2.27 bits per heavy atom. The minimum atomic E-state index is -3.75. The molecule has 0 aromatic heterocycles. The van der Waals surface area contributed by atoms with E-state index in [-0.39, 0.29) is 23.8 Å². The van der Waals surface area contributed by atoms with Gasteiger partial charge in [-0.25, -0.2) is 17.5 Å². The molecule has 30 heavy (non-hydrogen) atoms. The molecule has 0 radical (unpaired) electrons. The zero-order valence-corrected chi connectivity index (χ0v) is 17.6. The number of hydrogen-bond acceptors (Lipinski definition) is 5. The van der Waals surface area contributed by atoms with Crippen LogP contribution in [0.1, 0.15) is 6.42 Å². The molecule has 7 nitrogen and oxygen atoms in total. The van der Waals surface area contributed by atoms with Crippen LogP contribution in [-0.2, 0) is 14.8 Å². The lowest BCUT2D eigenvalue weighted by Gasteiger charge is -2.36. The van der Waals surface area contributed by atoms with E-state index in [0.29, 0.717) is 6.54 Å². The minimum absolute atomic E-state index is 0.0126. The van der Waals surface area contributed by atoms with Crippen molar-refractivity contribution in [2.24, 2.45) is 0 Å². The number of carbonyl (C=O) groups excluding carboxylic acids is 1.